The van der Waals surface area contributed by atoms with E-state index in [2.05, 4.69) is 9.88 Å². The average Bonchev–Trinajstić information content (AvgIpc) is 3.20. The van der Waals surface area contributed by atoms with Crippen LogP contribution in [0.2, 0.25) is 0 Å². The van der Waals surface area contributed by atoms with Crippen LogP contribution in [0.5, 0.6) is 5.88 Å². The Morgan fingerprint density at radius 1 is 1.21 bits per heavy atom. The fraction of sp³-hybridized carbons (Fsp3) is 0.368. The zero-order valence-corrected chi connectivity index (χ0v) is 14.2. The van der Waals surface area contributed by atoms with Gasteiger partial charge in [0.05, 0.1) is 0 Å². The van der Waals surface area contributed by atoms with Gasteiger partial charge in [0.2, 0.25) is 11.8 Å². The standard InChI is InChI=1S/C19H20N2O2S/c22-19(9-8-17-4-3-11-24-17)21-14-6-7-15(21)13-16(12-14)23-18-5-1-2-10-20-18/h1-5,8-11,14-16H,6-7,12-13H2/b9-8+/t14-,15-/m0/s1. The number of piperidine rings is 1. The van der Waals surface area contributed by atoms with Crippen molar-refractivity contribution < 1.29 is 9.53 Å². The highest BCUT2D eigenvalue weighted by molar-refractivity contribution is 7.10. The topological polar surface area (TPSA) is 42.4 Å². The molecule has 2 saturated heterocycles. The Kier molecular flexibility index (Phi) is 4.34. The van der Waals surface area contributed by atoms with E-state index in [1.54, 1.807) is 23.6 Å². The predicted octanol–water partition coefficient (Wildman–Crippen LogP) is 3.76. The maximum absolute atomic E-state index is 12.6. The molecule has 2 atom stereocenters. The SMILES string of the molecule is O=C(/C=C/c1cccs1)N1[C@H]2CC[C@H]1CC(Oc1ccccn1)C2. The number of amides is 1. The van der Waals surface area contributed by atoms with Crippen molar-refractivity contribution in [3.63, 3.8) is 0 Å². The Morgan fingerprint density at radius 3 is 2.71 bits per heavy atom. The number of rotatable bonds is 4. The number of ether oxygens (including phenoxy) is 1. The third kappa shape index (κ3) is 3.22. The maximum Gasteiger partial charge on any atom is 0.247 e. The second-order valence-corrected chi connectivity index (χ2v) is 7.34. The van der Waals surface area contributed by atoms with Crippen molar-refractivity contribution in [1.82, 2.24) is 9.88 Å². The average molecular weight is 340 g/mol. The van der Waals surface area contributed by atoms with Gasteiger partial charge in [-0.2, -0.15) is 0 Å². The number of carbonyl (C=O) groups is 1. The second kappa shape index (κ2) is 6.77. The molecule has 2 aromatic heterocycles. The van der Waals surface area contributed by atoms with Crippen molar-refractivity contribution in [3.05, 3.63) is 52.9 Å². The molecule has 2 aliphatic heterocycles. The summed E-state index contributed by atoms with van der Waals surface area (Å²) < 4.78 is 6.02. The Morgan fingerprint density at radius 2 is 2.04 bits per heavy atom. The molecule has 5 heteroatoms. The molecule has 2 fully saturated rings. The van der Waals surface area contributed by atoms with Crippen LogP contribution in [0.15, 0.2) is 48.0 Å². The Labute approximate surface area is 145 Å². The Hall–Kier alpha value is -2.14. The molecule has 4 heterocycles. The quantitative estimate of drug-likeness (QED) is 0.796. The van der Waals surface area contributed by atoms with Crippen LogP contribution in [-0.4, -0.2) is 34.0 Å². The van der Waals surface area contributed by atoms with E-state index in [1.165, 1.54) is 0 Å². The molecule has 4 rings (SSSR count). The maximum atomic E-state index is 12.6. The van der Waals surface area contributed by atoms with E-state index in [1.807, 2.05) is 41.8 Å². The first-order chi connectivity index (χ1) is 11.8. The van der Waals surface area contributed by atoms with Gasteiger partial charge in [0.25, 0.3) is 0 Å². The van der Waals surface area contributed by atoms with Crippen molar-refractivity contribution in [3.8, 4) is 5.88 Å². The van der Waals surface area contributed by atoms with Gasteiger partial charge in [-0.05, 0) is 36.4 Å². The van der Waals surface area contributed by atoms with E-state index in [4.69, 9.17) is 4.74 Å². The van der Waals surface area contributed by atoms with Gasteiger partial charge < -0.3 is 9.64 Å². The summed E-state index contributed by atoms with van der Waals surface area (Å²) in [6.07, 6.45) is 9.48. The van der Waals surface area contributed by atoms with Crippen LogP contribution < -0.4 is 4.74 Å². The first-order valence-electron chi connectivity index (χ1n) is 8.41. The minimum atomic E-state index is 0.132. The van der Waals surface area contributed by atoms with E-state index in [0.29, 0.717) is 5.88 Å². The first kappa shape index (κ1) is 15.4. The summed E-state index contributed by atoms with van der Waals surface area (Å²) in [6, 6.07) is 10.3. The molecule has 0 N–H and O–H groups in total. The second-order valence-electron chi connectivity index (χ2n) is 6.36. The Bertz CT molecular complexity index is 700. The summed E-state index contributed by atoms with van der Waals surface area (Å²) in [5.74, 6) is 0.812. The van der Waals surface area contributed by atoms with Crippen LogP contribution in [0.3, 0.4) is 0 Å². The van der Waals surface area contributed by atoms with Gasteiger partial charge in [0, 0.05) is 48.1 Å². The molecule has 24 heavy (non-hydrogen) atoms. The lowest BCUT2D eigenvalue weighted by molar-refractivity contribution is -0.131. The molecule has 2 aliphatic rings. The van der Waals surface area contributed by atoms with Gasteiger partial charge in [-0.25, -0.2) is 4.98 Å². The number of pyridine rings is 1. The zero-order valence-electron chi connectivity index (χ0n) is 13.4. The monoisotopic (exact) mass is 340 g/mol. The molecule has 1 amide bonds. The molecular weight excluding hydrogens is 320 g/mol. The van der Waals surface area contributed by atoms with Crippen LogP contribution in [0.1, 0.15) is 30.6 Å². The molecule has 4 nitrogen and oxygen atoms in total. The van der Waals surface area contributed by atoms with E-state index in [9.17, 15) is 4.79 Å². The predicted molar refractivity (Wildman–Crippen MR) is 94.9 cm³/mol. The van der Waals surface area contributed by atoms with Crippen LogP contribution in [0.4, 0.5) is 0 Å². The van der Waals surface area contributed by atoms with E-state index >= 15 is 0 Å². The molecule has 0 saturated carbocycles. The van der Waals surface area contributed by atoms with Crippen LogP contribution in [0.25, 0.3) is 6.08 Å². The van der Waals surface area contributed by atoms with Crippen molar-refractivity contribution in [2.24, 2.45) is 0 Å². The number of fused-ring (bicyclic) bond motifs is 2. The van der Waals surface area contributed by atoms with E-state index < -0.39 is 0 Å². The number of hydrogen-bond acceptors (Lipinski definition) is 4. The Balaban J connectivity index is 1.40. The molecule has 0 aromatic carbocycles. The minimum absolute atomic E-state index is 0.132. The van der Waals surface area contributed by atoms with Gasteiger partial charge in [-0.15, -0.1) is 11.3 Å². The van der Waals surface area contributed by atoms with Crippen molar-refractivity contribution in [1.29, 1.82) is 0 Å². The third-order valence-electron chi connectivity index (χ3n) is 4.80. The van der Waals surface area contributed by atoms with Gasteiger partial charge in [-0.1, -0.05) is 12.1 Å². The smallest absolute Gasteiger partial charge is 0.247 e. The summed E-state index contributed by atoms with van der Waals surface area (Å²) in [4.78, 5) is 20.0. The minimum Gasteiger partial charge on any atom is -0.474 e. The lowest BCUT2D eigenvalue weighted by Gasteiger charge is -2.38. The molecule has 0 aliphatic carbocycles. The summed E-state index contributed by atoms with van der Waals surface area (Å²) in [5, 5.41) is 2.02. The number of thiophene rings is 1. The lowest BCUT2D eigenvalue weighted by Crippen LogP contribution is -2.48. The molecule has 0 radical (unpaired) electrons. The van der Waals surface area contributed by atoms with Gasteiger partial charge in [0.1, 0.15) is 6.10 Å². The van der Waals surface area contributed by atoms with Crippen LogP contribution in [0, 0.1) is 0 Å². The molecule has 2 bridgehead atoms. The molecule has 124 valence electrons. The molecular formula is C19H20N2O2S. The first-order valence-corrected chi connectivity index (χ1v) is 9.29. The normalized spacial score (nSPS) is 26.0. The molecule has 2 aromatic rings. The summed E-state index contributed by atoms with van der Waals surface area (Å²) in [6.45, 7) is 0. The molecule has 0 spiro atoms. The summed E-state index contributed by atoms with van der Waals surface area (Å²) in [5.41, 5.74) is 0. The highest BCUT2D eigenvalue weighted by atomic mass is 32.1. The fourth-order valence-corrected chi connectivity index (χ4v) is 4.41. The zero-order chi connectivity index (χ0) is 16.4. The fourth-order valence-electron chi connectivity index (χ4n) is 3.80. The van der Waals surface area contributed by atoms with Crippen molar-refractivity contribution >= 4 is 23.3 Å². The van der Waals surface area contributed by atoms with Gasteiger partial charge in [-0.3, -0.25) is 4.79 Å². The summed E-state index contributed by atoms with van der Waals surface area (Å²) >= 11 is 1.65. The van der Waals surface area contributed by atoms with Crippen molar-refractivity contribution in [2.45, 2.75) is 43.9 Å². The highest BCUT2D eigenvalue weighted by Gasteiger charge is 2.43. The number of nitrogens with zero attached hydrogens (tertiary/aromatic N) is 2. The number of carbonyl (C=O) groups excluding carboxylic acids is 1. The van der Waals surface area contributed by atoms with Crippen LogP contribution in [-0.2, 0) is 4.79 Å². The number of hydrogen-bond donors (Lipinski definition) is 0. The van der Waals surface area contributed by atoms with Gasteiger partial charge in [0.15, 0.2) is 0 Å². The van der Waals surface area contributed by atoms with E-state index in [0.717, 1.165) is 30.6 Å². The largest absolute Gasteiger partial charge is 0.474 e. The highest BCUT2D eigenvalue weighted by Crippen LogP contribution is 2.37. The third-order valence-corrected chi connectivity index (χ3v) is 5.64. The van der Waals surface area contributed by atoms with Gasteiger partial charge >= 0.3 is 0 Å². The van der Waals surface area contributed by atoms with Crippen LogP contribution >= 0.6 is 11.3 Å². The van der Waals surface area contributed by atoms with E-state index in [-0.39, 0.29) is 24.1 Å². The summed E-state index contributed by atoms with van der Waals surface area (Å²) in [7, 11) is 0. The molecule has 0 unspecified atom stereocenters. The lowest BCUT2D eigenvalue weighted by atomic mass is 9.99. The van der Waals surface area contributed by atoms with Crippen molar-refractivity contribution in [2.75, 3.05) is 0 Å². The number of aromatic nitrogens is 1.